The standard InChI is InChI=1S/C15H21NO3S/c1-20-13-9-6-5-8-12(13)15(19)16-11-7-3-2-4-10-14(17)18/h5-6,8-9H,2-4,7,10-11H2,1H3,(H,16,19)(H,17,18). The maximum atomic E-state index is 12.0. The molecule has 1 amide bonds. The first-order valence-corrected chi connectivity index (χ1v) is 8.00. The van der Waals surface area contributed by atoms with Gasteiger partial charge in [0.2, 0.25) is 0 Å². The third kappa shape index (κ3) is 6.10. The van der Waals surface area contributed by atoms with Crippen LogP contribution >= 0.6 is 11.8 Å². The maximum Gasteiger partial charge on any atom is 0.303 e. The van der Waals surface area contributed by atoms with Crippen molar-refractivity contribution in [2.24, 2.45) is 0 Å². The van der Waals surface area contributed by atoms with Crippen LogP contribution in [-0.2, 0) is 4.79 Å². The fourth-order valence-electron chi connectivity index (χ4n) is 1.88. The second-order valence-corrected chi connectivity index (χ2v) is 5.36. The Kier molecular flexibility index (Phi) is 7.80. The van der Waals surface area contributed by atoms with Crippen LogP contribution in [0.25, 0.3) is 0 Å². The summed E-state index contributed by atoms with van der Waals surface area (Å²) in [6.45, 7) is 0.634. The van der Waals surface area contributed by atoms with Gasteiger partial charge in [-0.1, -0.05) is 25.0 Å². The van der Waals surface area contributed by atoms with Crippen LogP contribution in [-0.4, -0.2) is 29.8 Å². The summed E-state index contributed by atoms with van der Waals surface area (Å²) in [5, 5.41) is 11.4. The van der Waals surface area contributed by atoms with Crippen molar-refractivity contribution in [3.8, 4) is 0 Å². The zero-order valence-corrected chi connectivity index (χ0v) is 12.5. The van der Waals surface area contributed by atoms with E-state index in [4.69, 9.17) is 5.11 Å². The molecule has 0 aromatic heterocycles. The number of amides is 1. The van der Waals surface area contributed by atoms with E-state index in [1.54, 1.807) is 11.8 Å². The van der Waals surface area contributed by atoms with Crippen molar-refractivity contribution >= 4 is 23.6 Å². The Labute approximate surface area is 124 Å². The number of unbranched alkanes of at least 4 members (excludes halogenated alkanes) is 3. The van der Waals surface area contributed by atoms with E-state index in [1.165, 1.54) is 0 Å². The molecule has 1 aromatic carbocycles. The molecule has 0 radical (unpaired) electrons. The number of benzene rings is 1. The molecule has 0 saturated carbocycles. The minimum absolute atomic E-state index is 0.0412. The lowest BCUT2D eigenvalue weighted by Gasteiger charge is -2.08. The molecule has 0 aliphatic rings. The number of nitrogens with one attached hydrogen (secondary N) is 1. The van der Waals surface area contributed by atoms with Crippen molar-refractivity contribution in [3.05, 3.63) is 29.8 Å². The number of aliphatic carboxylic acids is 1. The van der Waals surface area contributed by atoms with Crippen LogP contribution in [0.15, 0.2) is 29.2 Å². The lowest BCUT2D eigenvalue weighted by molar-refractivity contribution is -0.137. The molecule has 0 bridgehead atoms. The highest BCUT2D eigenvalue weighted by molar-refractivity contribution is 7.98. The Morgan fingerprint density at radius 2 is 1.85 bits per heavy atom. The van der Waals surface area contributed by atoms with E-state index in [-0.39, 0.29) is 12.3 Å². The van der Waals surface area contributed by atoms with Crippen LogP contribution in [0.4, 0.5) is 0 Å². The molecule has 0 fully saturated rings. The smallest absolute Gasteiger partial charge is 0.303 e. The molecule has 0 aliphatic carbocycles. The number of carboxylic acids is 1. The molecule has 0 unspecified atom stereocenters. The number of carbonyl (C=O) groups is 2. The highest BCUT2D eigenvalue weighted by Gasteiger charge is 2.09. The lowest BCUT2D eigenvalue weighted by Crippen LogP contribution is -2.24. The van der Waals surface area contributed by atoms with E-state index in [0.717, 1.165) is 24.2 Å². The number of thioether (sulfide) groups is 1. The van der Waals surface area contributed by atoms with Gasteiger partial charge < -0.3 is 10.4 Å². The number of rotatable bonds is 9. The molecule has 1 rings (SSSR count). The van der Waals surface area contributed by atoms with Crippen LogP contribution in [0.3, 0.4) is 0 Å². The van der Waals surface area contributed by atoms with Crippen LogP contribution in [0.1, 0.15) is 42.5 Å². The molecule has 5 heteroatoms. The summed E-state index contributed by atoms with van der Waals surface area (Å²) < 4.78 is 0. The minimum Gasteiger partial charge on any atom is -0.481 e. The van der Waals surface area contributed by atoms with E-state index in [9.17, 15) is 9.59 Å². The molecular formula is C15H21NO3S. The van der Waals surface area contributed by atoms with Gasteiger partial charge in [0.15, 0.2) is 0 Å². The third-order valence-corrected chi connectivity index (χ3v) is 3.75. The van der Waals surface area contributed by atoms with Gasteiger partial charge in [-0.3, -0.25) is 9.59 Å². The van der Waals surface area contributed by atoms with Crippen molar-refractivity contribution in [1.82, 2.24) is 5.32 Å². The summed E-state index contributed by atoms with van der Waals surface area (Å²) in [5.74, 6) is -0.785. The van der Waals surface area contributed by atoms with Crippen molar-refractivity contribution in [2.45, 2.75) is 37.0 Å². The van der Waals surface area contributed by atoms with Crippen LogP contribution in [0, 0.1) is 0 Å². The summed E-state index contributed by atoms with van der Waals surface area (Å²) in [5.41, 5.74) is 0.714. The topological polar surface area (TPSA) is 66.4 Å². The average Bonchev–Trinajstić information content (AvgIpc) is 2.45. The second kappa shape index (κ2) is 9.42. The molecule has 0 aliphatic heterocycles. The number of carbonyl (C=O) groups excluding carboxylic acids is 1. The van der Waals surface area contributed by atoms with E-state index in [1.807, 2.05) is 30.5 Å². The van der Waals surface area contributed by atoms with Gasteiger partial charge in [0.25, 0.3) is 5.91 Å². The van der Waals surface area contributed by atoms with Crippen molar-refractivity contribution < 1.29 is 14.7 Å². The lowest BCUT2D eigenvalue weighted by atomic mass is 10.1. The molecule has 1 aromatic rings. The van der Waals surface area contributed by atoms with E-state index < -0.39 is 5.97 Å². The molecule has 2 N–H and O–H groups in total. The average molecular weight is 295 g/mol. The van der Waals surface area contributed by atoms with Crippen molar-refractivity contribution in [3.63, 3.8) is 0 Å². The molecule has 4 nitrogen and oxygen atoms in total. The SMILES string of the molecule is CSc1ccccc1C(=O)NCCCCCCC(=O)O. The predicted molar refractivity (Wildman–Crippen MR) is 81.3 cm³/mol. The summed E-state index contributed by atoms with van der Waals surface area (Å²) >= 11 is 1.56. The summed E-state index contributed by atoms with van der Waals surface area (Å²) in [4.78, 5) is 23.3. The molecule has 0 spiro atoms. The molecule has 0 heterocycles. The molecule has 0 atom stereocenters. The predicted octanol–water partition coefficient (Wildman–Crippen LogP) is 3.17. The molecular weight excluding hydrogens is 274 g/mol. The largest absolute Gasteiger partial charge is 0.481 e. The van der Waals surface area contributed by atoms with Gasteiger partial charge in [-0.15, -0.1) is 11.8 Å². The van der Waals surface area contributed by atoms with Gasteiger partial charge in [0.05, 0.1) is 5.56 Å². The fourth-order valence-corrected chi connectivity index (χ4v) is 2.48. The Bertz CT molecular complexity index is 448. The van der Waals surface area contributed by atoms with E-state index >= 15 is 0 Å². The second-order valence-electron chi connectivity index (χ2n) is 4.51. The highest BCUT2D eigenvalue weighted by atomic mass is 32.2. The minimum atomic E-state index is -0.744. The first-order chi connectivity index (χ1) is 9.65. The van der Waals surface area contributed by atoms with Gasteiger partial charge in [-0.25, -0.2) is 0 Å². The van der Waals surface area contributed by atoms with E-state index in [0.29, 0.717) is 18.5 Å². The van der Waals surface area contributed by atoms with Gasteiger partial charge in [0.1, 0.15) is 0 Å². The van der Waals surface area contributed by atoms with Crippen LogP contribution in [0.2, 0.25) is 0 Å². The van der Waals surface area contributed by atoms with Crippen LogP contribution in [0.5, 0.6) is 0 Å². The fraction of sp³-hybridized carbons (Fsp3) is 0.467. The summed E-state index contributed by atoms with van der Waals surface area (Å²) in [7, 11) is 0. The Hall–Kier alpha value is -1.49. The first-order valence-electron chi connectivity index (χ1n) is 6.78. The van der Waals surface area contributed by atoms with Crippen molar-refractivity contribution in [2.75, 3.05) is 12.8 Å². The molecule has 0 saturated heterocycles. The number of carboxylic acid groups (broad SMARTS) is 1. The summed E-state index contributed by atoms with van der Waals surface area (Å²) in [6, 6.07) is 7.55. The molecule has 110 valence electrons. The molecule has 20 heavy (non-hydrogen) atoms. The van der Waals surface area contributed by atoms with Gasteiger partial charge in [0, 0.05) is 17.9 Å². The normalized spacial score (nSPS) is 10.2. The monoisotopic (exact) mass is 295 g/mol. The van der Waals surface area contributed by atoms with Gasteiger partial charge in [-0.05, 0) is 31.2 Å². The Balaban J connectivity index is 2.22. The zero-order valence-electron chi connectivity index (χ0n) is 11.7. The summed E-state index contributed by atoms with van der Waals surface area (Å²) in [6.07, 6.45) is 5.61. The maximum absolute atomic E-state index is 12.0. The third-order valence-electron chi connectivity index (χ3n) is 2.95. The van der Waals surface area contributed by atoms with Gasteiger partial charge in [-0.2, -0.15) is 0 Å². The number of hydrogen-bond donors (Lipinski definition) is 2. The van der Waals surface area contributed by atoms with Crippen LogP contribution < -0.4 is 5.32 Å². The zero-order chi connectivity index (χ0) is 14.8. The van der Waals surface area contributed by atoms with Gasteiger partial charge >= 0.3 is 5.97 Å². The Morgan fingerprint density at radius 1 is 1.15 bits per heavy atom. The highest BCUT2D eigenvalue weighted by Crippen LogP contribution is 2.19. The Morgan fingerprint density at radius 3 is 2.55 bits per heavy atom. The quantitative estimate of drug-likeness (QED) is 0.542. The first kappa shape index (κ1) is 16.6. The van der Waals surface area contributed by atoms with Crippen molar-refractivity contribution in [1.29, 1.82) is 0 Å². The number of hydrogen-bond acceptors (Lipinski definition) is 3. The van der Waals surface area contributed by atoms with E-state index in [2.05, 4.69) is 5.32 Å².